The molecule has 2 atom stereocenters. The Morgan fingerprint density at radius 3 is 3.04 bits per heavy atom. The fraction of sp³-hybridized carbons (Fsp3) is 0.556. The average molecular weight is 334 g/mol. The number of carbonyl (C=O) groups is 2. The van der Waals surface area contributed by atoms with Gasteiger partial charge in [0.15, 0.2) is 0 Å². The molecule has 1 aliphatic heterocycles. The van der Waals surface area contributed by atoms with Crippen LogP contribution in [-0.4, -0.2) is 49.1 Å². The topological polar surface area (TPSA) is 58.6 Å². The van der Waals surface area contributed by atoms with Gasteiger partial charge in [0.1, 0.15) is 5.82 Å². The Labute approximate surface area is 141 Å². The largest absolute Gasteiger partial charge is 0.378 e. The van der Waals surface area contributed by atoms with E-state index in [1.54, 1.807) is 17.0 Å². The van der Waals surface area contributed by atoms with Gasteiger partial charge >= 0.3 is 0 Å². The van der Waals surface area contributed by atoms with E-state index in [2.05, 4.69) is 5.32 Å². The molecule has 3 rings (SSSR count). The molecule has 0 radical (unpaired) electrons. The molecule has 2 aliphatic rings. The van der Waals surface area contributed by atoms with E-state index in [1.165, 1.54) is 12.1 Å². The zero-order valence-corrected chi connectivity index (χ0v) is 13.7. The summed E-state index contributed by atoms with van der Waals surface area (Å²) in [7, 11) is 0. The fourth-order valence-corrected chi connectivity index (χ4v) is 3.66. The minimum Gasteiger partial charge on any atom is -0.378 e. The summed E-state index contributed by atoms with van der Waals surface area (Å²) in [6, 6.07) is 6.01. The molecule has 0 bridgehead atoms. The van der Waals surface area contributed by atoms with E-state index in [0.29, 0.717) is 31.9 Å². The monoisotopic (exact) mass is 334 g/mol. The molecule has 0 spiro atoms. The van der Waals surface area contributed by atoms with Gasteiger partial charge in [-0.15, -0.1) is 0 Å². The first-order valence-electron chi connectivity index (χ1n) is 8.54. The van der Waals surface area contributed by atoms with Crippen molar-refractivity contribution in [2.24, 2.45) is 5.92 Å². The van der Waals surface area contributed by atoms with E-state index in [4.69, 9.17) is 4.74 Å². The minimum atomic E-state index is -0.345. The van der Waals surface area contributed by atoms with Gasteiger partial charge in [-0.25, -0.2) is 4.39 Å². The van der Waals surface area contributed by atoms with Crippen LogP contribution in [-0.2, 0) is 20.7 Å². The van der Waals surface area contributed by atoms with Crippen molar-refractivity contribution in [3.8, 4) is 0 Å². The van der Waals surface area contributed by atoms with Gasteiger partial charge in [-0.2, -0.15) is 0 Å². The lowest BCUT2D eigenvalue weighted by atomic mass is 9.99. The van der Waals surface area contributed by atoms with Crippen molar-refractivity contribution in [3.63, 3.8) is 0 Å². The molecule has 1 heterocycles. The molecule has 2 amide bonds. The highest BCUT2D eigenvalue weighted by Crippen LogP contribution is 2.31. The molecular weight excluding hydrogens is 311 g/mol. The first-order chi connectivity index (χ1) is 11.6. The molecule has 1 aliphatic carbocycles. The predicted molar refractivity (Wildman–Crippen MR) is 86.8 cm³/mol. The van der Waals surface area contributed by atoms with Crippen molar-refractivity contribution < 1.29 is 18.7 Å². The highest BCUT2D eigenvalue weighted by Gasteiger charge is 2.38. The standard InChI is InChI=1S/C18H23FN2O3/c19-14-4-1-3-13(11-14)12-17(22)21-8-10-24-9-7-20-18(23)15-5-2-6-16(15)21/h1,3-4,11,15-16H,2,5-10,12H2,(H,20,23)/t15-,16+/m1/s1. The van der Waals surface area contributed by atoms with Crippen molar-refractivity contribution >= 4 is 11.8 Å². The first-order valence-corrected chi connectivity index (χ1v) is 8.54. The van der Waals surface area contributed by atoms with Crippen LogP contribution in [0.5, 0.6) is 0 Å². The molecule has 0 unspecified atom stereocenters. The van der Waals surface area contributed by atoms with Gasteiger partial charge in [-0.3, -0.25) is 9.59 Å². The fourth-order valence-electron chi connectivity index (χ4n) is 3.66. The number of benzene rings is 1. The zero-order valence-electron chi connectivity index (χ0n) is 13.7. The summed E-state index contributed by atoms with van der Waals surface area (Å²) >= 11 is 0. The quantitative estimate of drug-likeness (QED) is 0.892. The van der Waals surface area contributed by atoms with E-state index in [-0.39, 0.29) is 36.0 Å². The summed E-state index contributed by atoms with van der Waals surface area (Å²) in [4.78, 5) is 26.9. The number of hydrogen-bond donors (Lipinski definition) is 1. The molecule has 1 aromatic rings. The summed E-state index contributed by atoms with van der Waals surface area (Å²) in [5.41, 5.74) is 0.650. The number of hydrogen-bond acceptors (Lipinski definition) is 3. The van der Waals surface area contributed by atoms with E-state index < -0.39 is 0 Å². The molecule has 130 valence electrons. The van der Waals surface area contributed by atoms with Crippen LogP contribution in [0.3, 0.4) is 0 Å². The number of nitrogens with one attached hydrogen (secondary N) is 1. The highest BCUT2D eigenvalue weighted by atomic mass is 19.1. The lowest BCUT2D eigenvalue weighted by molar-refractivity contribution is -0.137. The molecule has 24 heavy (non-hydrogen) atoms. The maximum absolute atomic E-state index is 13.3. The molecule has 1 saturated carbocycles. The van der Waals surface area contributed by atoms with Gasteiger partial charge in [0.25, 0.3) is 0 Å². The average Bonchev–Trinajstić information content (AvgIpc) is 3.03. The molecule has 2 fully saturated rings. The van der Waals surface area contributed by atoms with E-state index in [9.17, 15) is 14.0 Å². The van der Waals surface area contributed by atoms with Crippen molar-refractivity contribution in [1.29, 1.82) is 0 Å². The van der Waals surface area contributed by atoms with Crippen molar-refractivity contribution in [3.05, 3.63) is 35.6 Å². The third kappa shape index (κ3) is 3.93. The van der Waals surface area contributed by atoms with Crippen LogP contribution in [0, 0.1) is 11.7 Å². The summed E-state index contributed by atoms with van der Waals surface area (Å²) in [6.45, 7) is 1.89. The number of ether oxygens (including phenoxy) is 1. The van der Waals surface area contributed by atoms with Gasteiger partial charge in [0, 0.05) is 19.1 Å². The number of fused-ring (bicyclic) bond motifs is 1. The lowest BCUT2D eigenvalue weighted by Gasteiger charge is -2.33. The summed E-state index contributed by atoms with van der Waals surface area (Å²) in [5.74, 6) is -0.566. The van der Waals surface area contributed by atoms with Gasteiger partial charge in [0.05, 0.1) is 25.6 Å². The van der Waals surface area contributed by atoms with Crippen LogP contribution in [0.1, 0.15) is 24.8 Å². The smallest absolute Gasteiger partial charge is 0.227 e. The second-order valence-corrected chi connectivity index (χ2v) is 6.40. The van der Waals surface area contributed by atoms with Crippen LogP contribution in [0.15, 0.2) is 24.3 Å². The number of halogens is 1. The van der Waals surface area contributed by atoms with Crippen molar-refractivity contribution in [2.45, 2.75) is 31.7 Å². The molecule has 0 aromatic heterocycles. The Morgan fingerprint density at radius 2 is 2.21 bits per heavy atom. The van der Waals surface area contributed by atoms with Crippen molar-refractivity contribution in [1.82, 2.24) is 10.2 Å². The number of rotatable bonds is 2. The molecule has 1 aromatic carbocycles. The molecule has 1 saturated heterocycles. The van der Waals surface area contributed by atoms with E-state index in [1.807, 2.05) is 0 Å². The third-order valence-electron chi connectivity index (χ3n) is 4.80. The summed E-state index contributed by atoms with van der Waals surface area (Å²) in [6.07, 6.45) is 2.71. The van der Waals surface area contributed by atoms with E-state index >= 15 is 0 Å². The Kier molecular flexibility index (Phi) is 5.45. The van der Waals surface area contributed by atoms with Gasteiger partial charge in [0.2, 0.25) is 11.8 Å². The van der Waals surface area contributed by atoms with Crippen LogP contribution >= 0.6 is 0 Å². The Morgan fingerprint density at radius 1 is 1.33 bits per heavy atom. The molecule has 1 N–H and O–H groups in total. The maximum atomic E-state index is 13.3. The van der Waals surface area contributed by atoms with Crippen molar-refractivity contribution in [2.75, 3.05) is 26.3 Å². The Hall–Kier alpha value is -1.95. The van der Waals surface area contributed by atoms with Gasteiger partial charge < -0.3 is 15.0 Å². The van der Waals surface area contributed by atoms with E-state index in [0.717, 1.165) is 19.3 Å². The Bertz CT molecular complexity index is 608. The van der Waals surface area contributed by atoms with Crippen LogP contribution in [0.2, 0.25) is 0 Å². The van der Waals surface area contributed by atoms with Crippen LogP contribution in [0.4, 0.5) is 4.39 Å². The Balaban J connectivity index is 1.76. The normalized spacial score (nSPS) is 25.0. The van der Waals surface area contributed by atoms with Gasteiger partial charge in [-0.05, 0) is 30.5 Å². The number of amides is 2. The third-order valence-corrected chi connectivity index (χ3v) is 4.80. The molecule has 6 heteroatoms. The SMILES string of the molecule is O=C1NCCOCCN(C(=O)Cc2cccc(F)c2)[C@H]2CCC[C@@H]12. The number of carbonyl (C=O) groups excluding carboxylic acids is 2. The minimum absolute atomic E-state index is 0.00607. The number of nitrogens with zero attached hydrogens (tertiary/aromatic N) is 1. The predicted octanol–water partition coefficient (Wildman–Crippen LogP) is 1.51. The van der Waals surface area contributed by atoms with Crippen LogP contribution in [0.25, 0.3) is 0 Å². The maximum Gasteiger partial charge on any atom is 0.227 e. The second kappa shape index (κ2) is 7.75. The molecule has 5 nitrogen and oxygen atoms in total. The summed E-state index contributed by atoms with van der Waals surface area (Å²) in [5, 5.41) is 2.89. The second-order valence-electron chi connectivity index (χ2n) is 6.40. The molecular formula is C18H23FN2O3. The summed E-state index contributed by atoms with van der Waals surface area (Å²) < 4.78 is 18.8. The zero-order chi connectivity index (χ0) is 16.9. The first kappa shape index (κ1) is 16.9. The lowest BCUT2D eigenvalue weighted by Crippen LogP contribution is -2.50. The van der Waals surface area contributed by atoms with Gasteiger partial charge in [-0.1, -0.05) is 18.6 Å². The van der Waals surface area contributed by atoms with Crippen LogP contribution < -0.4 is 5.32 Å². The highest BCUT2D eigenvalue weighted by molar-refractivity contribution is 5.83.